The van der Waals surface area contributed by atoms with Crippen molar-refractivity contribution in [3.05, 3.63) is 89.4 Å². The van der Waals surface area contributed by atoms with Gasteiger partial charge in [-0.3, -0.25) is 4.79 Å². The molecular formula is C22H16BrCl2IN2O3. The molecule has 9 heteroatoms. The minimum atomic E-state index is -0.301. The van der Waals surface area contributed by atoms with Gasteiger partial charge in [-0.2, -0.15) is 5.10 Å². The van der Waals surface area contributed by atoms with Crippen molar-refractivity contribution < 1.29 is 14.3 Å². The largest absolute Gasteiger partial charge is 0.493 e. The van der Waals surface area contributed by atoms with Gasteiger partial charge in [-0.05, 0) is 76.7 Å². The zero-order valence-electron chi connectivity index (χ0n) is 16.2. The number of nitrogens with one attached hydrogen (secondary N) is 1. The van der Waals surface area contributed by atoms with Gasteiger partial charge in [0, 0.05) is 25.6 Å². The molecule has 0 heterocycles. The highest BCUT2D eigenvalue weighted by Gasteiger charge is 2.13. The number of methoxy groups -OCH3 is 1. The second kappa shape index (κ2) is 11.2. The van der Waals surface area contributed by atoms with E-state index in [1.54, 1.807) is 55.8 Å². The molecule has 0 spiro atoms. The Kier molecular flexibility index (Phi) is 8.59. The summed E-state index contributed by atoms with van der Waals surface area (Å²) < 4.78 is 13.1. The molecule has 0 unspecified atom stereocenters. The van der Waals surface area contributed by atoms with E-state index in [0.717, 1.165) is 19.2 Å². The van der Waals surface area contributed by atoms with E-state index in [0.29, 0.717) is 27.1 Å². The fourth-order valence-corrected chi connectivity index (χ4v) is 4.08. The van der Waals surface area contributed by atoms with Crippen molar-refractivity contribution in [2.24, 2.45) is 5.10 Å². The Morgan fingerprint density at radius 2 is 1.90 bits per heavy atom. The van der Waals surface area contributed by atoms with E-state index in [4.69, 9.17) is 32.7 Å². The molecule has 31 heavy (non-hydrogen) atoms. The molecule has 0 fully saturated rings. The lowest BCUT2D eigenvalue weighted by Crippen LogP contribution is -2.17. The van der Waals surface area contributed by atoms with E-state index >= 15 is 0 Å². The normalized spacial score (nSPS) is 10.9. The second-order valence-electron chi connectivity index (χ2n) is 6.26. The predicted molar refractivity (Wildman–Crippen MR) is 136 cm³/mol. The monoisotopic (exact) mass is 632 g/mol. The number of carbonyl (C=O) groups excluding carboxylic acids is 1. The van der Waals surface area contributed by atoms with Crippen molar-refractivity contribution in [3.63, 3.8) is 0 Å². The Morgan fingerprint density at radius 1 is 1.16 bits per heavy atom. The van der Waals surface area contributed by atoms with Crippen LogP contribution < -0.4 is 14.9 Å². The van der Waals surface area contributed by atoms with Crippen LogP contribution in [0.5, 0.6) is 11.5 Å². The summed E-state index contributed by atoms with van der Waals surface area (Å²) in [4.78, 5) is 12.2. The molecule has 0 aliphatic carbocycles. The van der Waals surface area contributed by atoms with Gasteiger partial charge in [0.15, 0.2) is 11.5 Å². The molecule has 0 atom stereocenters. The van der Waals surface area contributed by atoms with Crippen molar-refractivity contribution in [3.8, 4) is 11.5 Å². The number of halogens is 4. The maximum Gasteiger partial charge on any atom is 0.271 e. The number of rotatable bonds is 7. The van der Waals surface area contributed by atoms with Gasteiger partial charge in [0.1, 0.15) is 6.61 Å². The molecule has 0 bridgehead atoms. The van der Waals surface area contributed by atoms with E-state index < -0.39 is 0 Å². The van der Waals surface area contributed by atoms with E-state index in [1.165, 1.54) is 0 Å². The van der Waals surface area contributed by atoms with Gasteiger partial charge in [-0.15, -0.1) is 0 Å². The summed E-state index contributed by atoms with van der Waals surface area (Å²) in [6.45, 7) is 0.263. The number of hydrazone groups is 1. The fraction of sp³-hybridized carbons (Fsp3) is 0.0909. The van der Waals surface area contributed by atoms with Crippen LogP contribution in [-0.2, 0) is 6.61 Å². The van der Waals surface area contributed by atoms with Crippen LogP contribution in [0.15, 0.2) is 64.2 Å². The molecule has 0 aliphatic heterocycles. The average molecular weight is 634 g/mol. The first kappa shape index (κ1) is 23.8. The molecule has 5 nitrogen and oxygen atoms in total. The quantitative estimate of drug-likeness (QED) is 0.179. The maximum absolute atomic E-state index is 12.2. The van der Waals surface area contributed by atoms with Gasteiger partial charge in [0.25, 0.3) is 5.91 Å². The SMILES string of the molecule is COc1cc(/C=N\NC(=O)c2ccc(Br)cc2)cc(I)c1OCc1ccc(Cl)cc1Cl. The second-order valence-corrected chi connectivity index (χ2v) is 9.19. The number of carbonyl (C=O) groups is 1. The van der Waals surface area contributed by atoms with Crippen LogP contribution in [0.3, 0.4) is 0 Å². The van der Waals surface area contributed by atoms with Crippen LogP contribution in [0.25, 0.3) is 0 Å². The smallest absolute Gasteiger partial charge is 0.271 e. The molecule has 3 aromatic rings. The summed E-state index contributed by atoms with van der Waals surface area (Å²) in [6, 6.07) is 15.9. The molecule has 0 saturated heterocycles. The van der Waals surface area contributed by atoms with Crippen LogP contribution in [0, 0.1) is 3.57 Å². The molecular weight excluding hydrogens is 618 g/mol. The third-order valence-electron chi connectivity index (χ3n) is 4.13. The third-order valence-corrected chi connectivity index (χ3v) is 6.04. The molecule has 0 aromatic heterocycles. The van der Waals surface area contributed by atoms with Crippen molar-refractivity contribution in [1.29, 1.82) is 0 Å². The summed E-state index contributed by atoms with van der Waals surface area (Å²) in [5.41, 5.74) is 4.58. The number of hydrogen-bond acceptors (Lipinski definition) is 4. The summed E-state index contributed by atoms with van der Waals surface area (Å²) in [6.07, 6.45) is 1.54. The van der Waals surface area contributed by atoms with Gasteiger partial charge >= 0.3 is 0 Å². The molecule has 1 amide bonds. The van der Waals surface area contributed by atoms with Crippen molar-refractivity contribution >= 4 is 73.8 Å². The summed E-state index contributed by atoms with van der Waals surface area (Å²) in [5.74, 6) is 0.827. The highest BCUT2D eigenvalue weighted by atomic mass is 127. The molecule has 3 rings (SSSR count). The van der Waals surface area contributed by atoms with Crippen LogP contribution >= 0.6 is 61.7 Å². The van der Waals surface area contributed by atoms with Crippen LogP contribution in [-0.4, -0.2) is 19.2 Å². The zero-order valence-corrected chi connectivity index (χ0v) is 21.4. The molecule has 3 aromatic carbocycles. The lowest BCUT2D eigenvalue weighted by Gasteiger charge is -2.14. The summed E-state index contributed by atoms with van der Waals surface area (Å²) >= 11 is 17.7. The summed E-state index contributed by atoms with van der Waals surface area (Å²) in [5, 5.41) is 5.13. The van der Waals surface area contributed by atoms with E-state index in [9.17, 15) is 4.79 Å². The fourth-order valence-electron chi connectivity index (χ4n) is 2.57. The van der Waals surface area contributed by atoms with E-state index in [1.807, 2.05) is 12.1 Å². The van der Waals surface area contributed by atoms with Crippen molar-refractivity contribution in [2.75, 3.05) is 7.11 Å². The topological polar surface area (TPSA) is 59.9 Å². The third kappa shape index (κ3) is 6.58. The minimum absolute atomic E-state index is 0.263. The maximum atomic E-state index is 12.2. The number of benzene rings is 3. The van der Waals surface area contributed by atoms with Gasteiger partial charge in [-0.1, -0.05) is 45.2 Å². The Balaban J connectivity index is 1.70. The predicted octanol–water partition coefficient (Wildman–Crippen LogP) is 6.71. The average Bonchev–Trinajstić information content (AvgIpc) is 2.74. The molecule has 0 saturated carbocycles. The number of hydrogen-bond donors (Lipinski definition) is 1. The van der Waals surface area contributed by atoms with Crippen molar-refractivity contribution in [1.82, 2.24) is 5.43 Å². The van der Waals surface area contributed by atoms with Crippen LogP contribution in [0.4, 0.5) is 0 Å². The Hall–Kier alpha value is -1.81. The van der Waals surface area contributed by atoms with E-state index in [2.05, 4.69) is 49.0 Å². The zero-order chi connectivity index (χ0) is 22.4. The Morgan fingerprint density at radius 3 is 2.58 bits per heavy atom. The lowest BCUT2D eigenvalue weighted by atomic mass is 10.2. The molecule has 160 valence electrons. The van der Waals surface area contributed by atoms with Crippen molar-refractivity contribution in [2.45, 2.75) is 6.61 Å². The number of amides is 1. The Labute approximate surface area is 212 Å². The summed E-state index contributed by atoms with van der Waals surface area (Å²) in [7, 11) is 1.56. The lowest BCUT2D eigenvalue weighted by molar-refractivity contribution is 0.0955. The first-order chi connectivity index (χ1) is 14.9. The van der Waals surface area contributed by atoms with Gasteiger partial charge in [-0.25, -0.2) is 5.43 Å². The first-order valence-electron chi connectivity index (χ1n) is 8.90. The van der Waals surface area contributed by atoms with Gasteiger partial charge < -0.3 is 9.47 Å². The van der Waals surface area contributed by atoms with Gasteiger partial charge in [0.2, 0.25) is 0 Å². The first-order valence-corrected chi connectivity index (χ1v) is 11.5. The van der Waals surface area contributed by atoms with Crippen LogP contribution in [0.1, 0.15) is 21.5 Å². The number of nitrogens with zero attached hydrogens (tertiary/aromatic N) is 1. The Bertz CT molecular complexity index is 1120. The standard InChI is InChI=1S/C22H16BrCl2IN2O3/c1-30-20-9-13(11-27-28-22(29)14-2-5-16(23)6-3-14)8-19(26)21(20)31-12-15-4-7-17(24)10-18(15)25/h2-11H,12H2,1H3,(H,28,29)/b27-11-. The molecule has 1 N–H and O–H groups in total. The van der Waals surface area contributed by atoms with Gasteiger partial charge in [0.05, 0.1) is 16.9 Å². The number of ether oxygens (including phenoxy) is 2. The molecule has 0 aliphatic rings. The van der Waals surface area contributed by atoms with E-state index in [-0.39, 0.29) is 12.5 Å². The molecule has 0 radical (unpaired) electrons. The minimum Gasteiger partial charge on any atom is -0.493 e. The highest BCUT2D eigenvalue weighted by Crippen LogP contribution is 2.34. The van der Waals surface area contributed by atoms with Crippen LogP contribution in [0.2, 0.25) is 10.0 Å². The highest BCUT2D eigenvalue weighted by molar-refractivity contribution is 14.1.